The Bertz CT molecular complexity index is 91.1. The van der Waals surface area contributed by atoms with Crippen molar-refractivity contribution in [3.05, 3.63) is 6.61 Å². The summed E-state index contributed by atoms with van der Waals surface area (Å²) in [5, 5.41) is 0. The molecule has 0 spiro atoms. The van der Waals surface area contributed by atoms with Gasteiger partial charge in [0.1, 0.15) is 6.61 Å². The van der Waals surface area contributed by atoms with Gasteiger partial charge < -0.3 is 4.74 Å². The van der Waals surface area contributed by atoms with E-state index in [-0.39, 0.29) is 5.97 Å². The molecule has 0 aromatic carbocycles. The largest absolute Gasteiger partial charge is 0.458 e. The number of carbonyl (C=O) groups excluding carboxylic acids is 1. The fourth-order valence-electron chi connectivity index (χ4n) is 0.427. The average Bonchev–Trinajstić information content (AvgIpc) is 1.63. The maximum atomic E-state index is 10.6. The molecule has 0 bridgehead atoms. The summed E-state index contributed by atoms with van der Waals surface area (Å²) in [5.41, 5.74) is 0. The van der Waals surface area contributed by atoms with E-state index in [1.807, 2.05) is 14.1 Å². The molecule has 3 nitrogen and oxygen atoms in total. The molecule has 0 amide bonds. The highest BCUT2D eigenvalue weighted by atomic mass is 16.5. The fraction of sp³-hybridized carbons (Fsp3) is 0.667. The Labute approximate surface area is 55.6 Å². The summed E-state index contributed by atoms with van der Waals surface area (Å²) in [7, 11) is 3.63. The zero-order valence-electron chi connectivity index (χ0n) is 6.05. The number of esters is 1. The molecule has 53 valence electrons. The van der Waals surface area contributed by atoms with Crippen molar-refractivity contribution >= 4 is 5.97 Å². The average molecular weight is 130 g/mol. The first-order valence-corrected chi connectivity index (χ1v) is 2.79. The smallest absolute Gasteiger partial charge is 0.320 e. The van der Waals surface area contributed by atoms with E-state index in [2.05, 4.69) is 4.74 Å². The van der Waals surface area contributed by atoms with Gasteiger partial charge in [-0.1, -0.05) is 0 Å². The number of ether oxygens (including phenoxy) is 1. The molecular formula is C6H12NO2. The Morgan fingerprint density at radius 3 is 2.56 bits per heavy atom. The van der Waals surface area contributed by atoms with Gasteiger partial charge in [-0.25, -0.2) is 0 Å². The topological polar surface area (TPSA) is 29.5 Å². The van der Waals surface area contributed by atoms with Crippen LogP contribution in [0.5, 0.6) is 0 Å². The number of likely N-dealkylation sites (N-methyl/N-ethyl adjacent to an activating group) is 1. The Hall–Kier alpha value is -0.570. The van der Waals surface area contributed by atoms with Crippen molar-refractivity contribution < 1.29 is 9.53 Å². The predicted molar refractivity (Wildman–Crippen MR) is 34.6 cm³/mol. The van der Waals surface area contributed by atoms with Crippen LogP contribution < -0.4 is 0 Å². The molecule has 3 heteroatoms. The third-order valence-corrected chi connectivity index (χ3v) is 0.695. The zero-order valence-corrected chi connectivity index (χ0v) is 6.05. The Kier molecular flexibility index (Phi) is 4.05. The van der Waals surface area contributed by atoms with Crippen LogP contribution in [-0.4, -0.2) is 31.5 Å². The summed E-state index contributed by atoms with van der Waals surface area (Å²) < 4.78 is 4.55. The van der Waals surface area contributed by atoms with E-state index in [0.29, 0.717) is 6.54 Å². The monoisotopic (exact) mass is 130 g/mol. The van der Waals surface area contributed by atoms with Gasteiger partial charge in [-0.3, -0.25) is 9.69 Å². The van der Waals surface area contributed by atoms with Gasteiger partial charge in [0.2, 0.25) is 0 Å². The minimum absolute atomic E-state index is 0.220. The minimum Gasteiger partial charge on any atom is -0.458 e. The molecule has 0 saturated heterocycles. The SMILES string of the molecule is C[CH]OC(=O)CN(C)C. The van der Waals surface area contributed by atoms with E-state index < -0.39 is 0 Å². The molecule has 0 unspecified atom stereocenters. The molecule has 0 heterocycles. The van der Waals surface area contributed by atoms with Crippen LogP contribution in [0.4, 0.5) is 0 Å². The molecular weight excluding hydrogens is 118 g/mol. The summed E-state index contributed by atoms with van der Waals surface area (Å²) in [6, 6.07) is 0. The highest BCUT2D eigenvalue weighted by Crippen LogP contribution is 1.83. The fourth-order valence-corrected chi connectivity index (χ4v) is 0.427. The van der Waals surface area contributed by atoms with Crippen LogP contribution >= 0.6 is 0 Å². The lowest BCUT2D eigenvalue weighted by atomic mass is 10.6. The zero-order chi connectivity index (χ0) is 7.28. The Balaban J connectivity index is 3.27. The van der Waals surface area contributed by atoms with Crippen LogP contribution in [0.25, 0.3) is 0 Å². The highest BCUT2D eigenvalue weighted by molar-refractivity contribution is 5.71. The van der Waals surface area contributed by atoms with E-state index in [1.54, 1.807) is 11.8 Å². The number of hydrogen-bond acceptors (Lipinski definition) is 3. The molecule has 1 radical (unpaired) electrons. The summed E-state index contributed by atoms with van der Waals surface area (Å²) in [4.78, 5) is 12.3. The van der Waals surface area contributed by atoms with Gasteiger partial charge in [-0.05, 0) is 21.0 Å². The molecule has 0 aromatic rings. The van der Waals surface area contributed by atoms with Gasteiger partial charge in [0.15, 0.2) is 0 Å². The lowest BCUT2D eigenvalue weighted by Gasteiger charge is -2.06. The maximum Gasteiger partial charge on any atom is 0.320 e. The lowest BCUT2D eigenvalue weighted by molar-refractivity contribution is -0.140. The molecule has 0 fully saturated rings. The van der Waals surface area contributed by atoms with Gasteiger partial charge in [-0.2, -0.15) is 0 Å². The number of hydrogen-bond donors (Lipinski definition) is 0. The molecule has 0 rings (SSSR count). The number of rotatable bonds is 3. The quantitative estimate of drug-likeness (QED) is 0.514. The van der Waals surface area contributed by atoms with Crippen LogP contribution in [0, 0.1) is 6.61 Å². The van der Waals surface area contributed by atoms with Crippen molar-refractivity contribution in [2.75, 3.05) is 20.6 Å². The van der Waals surface area contributed by atoms with Crippen LogP contribution in [-0.2, 0) is 9.53 Å². The summed E-state index contributed by atoms with van der Waals surface area (Å²) >= 11 is 0. The van der Waals surface area contributed by atoms with E-state index in [9.17, 15) is 4.79 Å². The first kappa shape index (κ1) is 8.43. The van der Waals surface area contributed by atoms with Crippen LogP contribution in [0.2, 0.25) is 0 Å². The summed E-state index contributed by atoms with van der Waals surface area (Å²) in [6.45, 7) is 3.39. The van der Waals surface area contributed by atoms with Crippen molar-refractivity contribution in [1.29, 1.82) is 0 Å². The van der Waals surface area contributed by atoms with Crippen molar-refractivity contribution in [3.63, 3.8) is 0 Å². The molecule has 0 aliphatic carbocycles. The molecule has 0 aliphatic heterocycles. The third kappa shape index (κ3) is 5.30. The predicted octanol–water partition coefficient (Wildman–Crippen LogP) is 0.273. The number of nitrogens with zero attached hydrogens (tertiary/aromatic N) is 1. The van der Waals surface area contributed by atoms with E-state index >= 15 is 0 Å². The first-order chi connectivity index (χ1) is 4.16. The van der Waals surface area contributed by atoms with E-state index in [1.165, 1.54) is 6.61 Å². The number of carbonyl (C=O) groups is 1. The Morgan fingerprint density at radius 2 is 2.22 bits per heavy atom. The minimum atomic E-state index is -0.220. The molecule has 0 atom stereocenters. The molecule has 0 saturated carbocycles. The first-order valence-electron chi connectivity index (χ1n) is 2.79. The summed E-state index contributed by atoms with van der Waals surface area (Å²) in [6.07, 6.45) is 0. The third-order valence-electron chi connectivity index (χ3n) is 0.695. The second-order valence-corrected chi connectivity index (χ2v) is 1.96. The maximum absolute atomic E-state index is 10.6. The van der Waals surface area contributed by atoms with Crippen LogP contribution in [0.3, 0.4) is 0 Å². The molecule has 9 heavy (non-hydrogen) atoms. The van der Waals surface area contributed by atoms with E-state index in [0.717, 1.165) is 0 Å². The van der Waals surface area contributed by atoms with Crippen molar-refractivity contribution in [2.45, 2.75) is 6.92 Å². The van der Waals surface area contributed by atoms with E-state index in [4.69, 9.17) is 0 Å². The van der Waals surface area contributed by atoms with Crippen molar-refractivity contribution in [2.24, 2.45) is 0 Å². The molecule has 0 aliphatic rings. The standard InChI is InChI=1S/C6H12NO2/c1-4-9-6(8)5-7(2)3/h4H,5H2,1-3H3. The van der Waals surface area contributed by atoms with Crippen molar-refractivity contribution in [3.8, 4) is 0 Å². The highest BCUT2D eigenvalue weighted by Gasteiger charge is 2.00. The van der Waals surface area contributed by atoms with Crippen molar-refractivity contribution in [1.82, 2.24) is 4.90 Å². The van der Waals surface area contributed by atoms with Gasteiger partial charge in [0.25, 0.3) is 0 Å². The van der Waals surface area contributed by atoms with Gasteiger partial charge >= 0.3 is 5.97 Å². The second kappa shape index (κ2) is 4.32. The van der Waals surface area contributed by atoms with Gasteiger partial charge in [0, 0.05) is 0 Å². The Morgan fingerprint density at radius 1 is 1.67 bits per heavy atom. The van der Waals surface area contributed by atoms with Gasteiger partial charge in [0.05, 0.1) is 6.54 Å². The molecule has 0 aromatic heterocycles. The lowest BCUT2D eigenvalue weighted by Crippen LogP contribution is -2.22. The second-order valence-electron chi connectivity index (χ2n) is 1.96. The summed E-state index contributed by atoms with van der Waals surface area (Å²) in [5.74, 6) is -0.220. The molecule has 0 N–H and O–H groups in total. The normalized spacial score (nSPS) is 9.78. The van der Waals surface area contributed by atoms with Gasteiger partial charge in [-0.15, -0.1) is 0 Å². The van der Waals surface area contributed by atoms with Crippen LogP contribution in [0.15, 0.2) is 0 Å². The van der Waals surface area contributed by atoms with Crippen LogP contribution in [0.1, 0.15) is 6.92 Å².